The van der Waals surface area contributed by atoms with Crippen LogP contribution in [0.4, 0.5) is 0 Å². The second-order valence-corrected chi connectivity index (χ2v) is 5.48. The molecule has 0 bridgehead atoms. The van der Waals surface area contributed by atoms with Crippen molar-refractivity contribution in [1.82, 2.24) is 4.90 Å². The molecule has 0 aromatic heterocycles. The Morgan fingerprint density at radius 2 is 1.73 bits per heavy atom. The van der Waals surface area contributed by atoms with Crippen LogP contribution in [0.15, 0.2) is 0 Å². The van der Waals surface area contributed by atoms with E-state index in [2.05, 4.69) is 4.90 Å². The molecule has 0 unspecified atom stereocenters. The first-order chi connectivity index (χ1) is 7.34. The Morgan fingerprint density at radius 3 is 2.40 bits per heavy atom. The number of hydrogen-bond acceptors (Lipinski definition) is 2. The third kappa shape index (κ3) is 3.93. The largest absolute Gasteiger partial charge is 0.381 e. The predicted octanol–water partition coefficient (Wildman–Crippen LogP) is 2.51. The smallest absolute Gasteiger partial charge is 0.0468 e. The lowest BCUT2D eigenvalue weighted by Crippen LogP contribution is -2.35. The van der Waals surface area contributed by atoms with E-state index in [-0.39, 0.29) is 0 Å². The first kappa shape index (κ1) is 11.7. The summed E-state index contributed by atoms with van der Waals surface area (Å²) >= 11 is 6.09. The van der Waals surface area contributed by atoms with Gasteiger partial charge in [0.1, 0.15) is 0 Å². The Balaban J connectivity index is 1.60. The van der Waals surface area contributed by atoms with Gasteiger partial charge in [-0.25, -0.2) is 0 Å². The standard InChI is InChI=1S/C12H22ClNO/c13-12-2-7-14(8-3-12)6-1-11-4-9-15-10-5-11/h11-12H,1-10H2. The number of piperidine rings is 1. The van der Waals surface area contributed by atoms with Gasteiger partial charge in [0.25, 0.3) is 0 Å². The molecule has 2 aliphatic heterocycles. The summed E-state index contributed by atoms with van der Waals surface area (Å²) in [5.41, 5.74) is 0. The van der Waals surface area contributed by atoms with Gasteiger partial charge in [0.05, 0.1) is 0 Å². The number of likely N-dealkylation sites (tertiary alicyclic amines) is 1. The summed E-state index contributed by atoms with van der Waals surface area (Å²) in [6.07, 6.45) is 6.25. The van der Waals surface area contributed by atoms with Gasteiger partial charge in [-0.3, -0.25) is 0 Å². The highest BCUT2D eigenvalue weighted by Crippen LogP contribution is 2.21. The van der Waals surface area contributed by atoms with Gasteiger partial charge in [-0.05, 0) is 57.7 Å². The average molecular weight is 232 g/mol. The number of nitrogens with zero attached hydrogens (tertiary/aromatic N) is 1. The number of ether oxygens (including phenoxy) is 1. The SMILES string of the molecule is ClC1CCN(CCC2CCOCC2)CC1. The third-order valence-electron chi connectivity index (χ3n) is 3.71. The maximum absolute atomic E-state index is 6.09. The Kier molecular flexibility index (Phi) is 4.73. The molecule has 0 amide bonds. The second kappa shape index (κ2) is 6.07. The Morgan fingerprint density at radius 1 is 1.07 bits per heavy atom. The van der Waals surface area contributed by atoms with Gasteiger partial charge in [-0.1, -0.05) is 0 Å². The van der Waals surface area contributed by atoms with Crippen molar-refractivity contribution in [3.63, 3.8) is 0 Å². The van der Waals surface area contributed by atoms with E-state index < -0.39 is 0 Å². The molecule has 15 heavy (non-hydrogen) atoms. The number of alkyl halides is 1. The zero-order chi connectivity index (χ0) is 10.5. The van der Waals surface area contributed by atoms with E-state index in [1.54, 1.807) is 0 Å². The Labute approximate surface area is 97.9 Å². The van der Waals surface area contributed by atoms with Gasteiger partial charge in [0.2, 0.25) is 0 Å². The van der Waals surface area contributed by atoms with Crippen LogP contribution in [-0.2, 0) is 4.74 Å². The molecule has 0 aromatic carbocycles. The lowest BCUT2D eigenvalue weighted by molar-refractivity contribution is 0.0592. The summed E-state index contributed by atoms with van der Waals surface area (Å²) < 4.78 is 5.37. The fraction of sp³-hybridized carbons (Fsp3) is 1.00. The van der Waals surface area contributed by atoms with E-state index >= 15 is 0 Å². The van der Waals surface area contributed by atoms with Gasteiger partial charge in [-0.15, -0.1) is 11.6 Å². The molecule has 3 heteroatoms. The van der Waals surface area contributed by atoms with Gasteiger partial charge < -0.3 is 9.64 Å². The monoisotopic (exact) mass is 231 g/mol. The maximum atomic E-state index is 6.09. The van der Waals surface area contributed by atoms with Crippen LogP contribution in [0.2, 0.25) is 0 Å². The highest BCUT2D eigenvalue weighted by Gasteiger charge is 2.19. The van der Waals surface area contributed by atoms with Crippen LogP contribution < -0.4 is 0 Å². The van der Waals surface area contributed by atoms with Gasteiger partial charge in [0.15, 0.2) is 0 Å². The molecule has 0 saturated carbocycles. The van der Waals surface area contributed by atoms with Crippen LogP contribution in [0, 0.1) is 5.92 Å². The lowest BCUT2D eigenvalue weighted by Gasteiger charge is -2.31. The molecule has 2 fully saturated rings. The summed E-state index contributed by atoms with van der Waals surface area (Å²) in [5.74, 6) is 0.910. The summed E-state index contributed by atoms with van der Waals surface area (Å²) in [5, 5.41) is 0.435. The normalized spacial score (nSPS) is 27.0. The van der Waals surface area contributed by atoms with Gasteiger partial charge in [0, 0.05) is 18.6 Å². The molecule has 0 aliphatic carbocycles. The average Bonchev–Trinajstić information content (AvgIpc) is 2.30. The highest BCUT2D eigenvalue weighted by molar-refractivity contribution is 6.20. The van der Waals surface area contributed by atoms with Gasteiger partial charge >= 0.3 is 0 Å². The van der Waals surface area contributed by atoms with Crippen molar-refractivity contribution in [2.24, 2.45) is 5.92 Å². The van der Waals surface area contributed by atoms with Gasteiger partial charge in [-0.2, -0.15) is 0 Å². The molecular weight excluding hydrogens is 210 g/mol. The lowest BCUT2D eigenvalue weighted by atomic mass is 9.96. The van der Waals surface area contributed by atoms with E-state index in [1.165, 1.54) is 51.7 Å². The highest BCUT2D eigenvalue weighted by atomic mass is 35.5. The fourth-order valence-corrected chi connectivity index (χ4v) is 2.72. The summed E-state index contributed by atoms with van der Waals surface area (Å²) in [4.78, 5) is 2.58. The molecule has 2 heterocycles. The first-order valence-corrected chi connectivity index (χ1v) is 6.72. The van der Waals surface area contributed by atoms with Crippen LogP contribution in [-0.4, -0.2) is 43.1 Å². The second-order valence-electron chi connectivity index (χ2n) is 4.86. The van der Waals surface area contributed by atoms with Crippen molar-refractivity contribution in [2.45, 2.75) is 37.5 Å². The Bertz CT molecular complexity index is 174. The molecular formula is C12H22ClNO. The quantitative estimate of drug-likeness (QED) is 0.693. The first-order valence-electron chi connectivity index (χ1n) is 6.29. The minimum absolute atomic E-state index is 0.435. The molecule has 2 nitrogen and oxygen atoms in total. The van der Waals surface area contributed by atoms with E-state index in [9.17, 15) is 0 Å². The number of hydrogen-bond donors (Lipinski definition) is 0. The molecule has 2 aliphatic rings. The summed E-state index contributed by atoms with van der Waals surface area (Å²) in [7, 11) is 0. The maximum Gasteiger partial charge on any atom is 0.0468 e. The van der Waals surface area contributed by atoms with Crippen molar-refractivity contribution < 1.29 is 4.74 Å². The predicted molar refractivity (Wildman–Crippen MR) is 63.5 cm³/mol. The van der Waals surface area contributed by atoms with E-state index in [0.29, 0.717) is 5.38 Å². The van der Waals surface area contributed by atoms with Crippen LogP contribution in [0.5, 0.6) is 0 Å². The molecule has 88 valence electrons. The van der Waals surface area contributed by atoms with Crippen molar-refractivity contribution in [1.29, 1.82) is 0 Å². The number of halogens is 1. The fourth-order valence-electron chi connectivity index (χ4n) is 2.53. The molecule has 0 spiro atoms. The summed E-state index contributed by atoms with van der Waals surface area (Å²) in [6, 6.07) is 0. The molecule has 0 radical (unpaired) electrons. The zero-order valence-corrected chi connectivity index (χ0v) is 10.2. The Hall–Kier alpha value is 0.210. The van der Waals surface area contributed by atoms with Crippen LogP contribution in [0.3, 0.4) is 0 Å². The van der Waals surface area contributed by atoms with E-state index in [4.69, 9.17) is 16.3 Å². The van der Waals surface area contributed by atoms with Crippen molar-refractivity contribution in [2.75, 3.05) is 32.8 Å². The molecule has 2 rings (SSSR count). The number of rotatable bonds is 3. The third-order valence-corrected chi connectivity index (χ3v) is 4.15. The van der Waals surface area contributed by atoms with E-state index in [1.807, 2.05) is 0 Å². The molecule has 0 N–H and O–H groups in total. The molecule has 0 atom stereocenters. The molecule has 0 aromatic rings. The van der Waals surface area contributed by atoms with Crippen molar-refractivity contribution >= 4 is 11.6 Å². The van der Waals surface area contributed by atoms with Crippen LogP contribution in [0.25, 0.3) is 0 Å². The topological polar surface area (TPSA) is 12.5 Å². The van der Waals surface area contributed by atoms with Crippen LogP contribution >= 0.6 is 11.6 Å². The summed E-state index contributed by atoms with van der Waals surface area (Å²) in [6.45, 7) is 5.64. The van der Waals surface area contributed by atoms with Crippen LogP contribution in [0.1, 0.15) is 32.1 Å². The molecule has 2 saturated heterocycles. The zero-order valence-electron chi connectivity index (χ0n) is 9.46. The minimum Gasteiger partial charge on any atom is -0.381 e. The van der Waals surface area contributed by atoms with Crippen molar-refractivity contribution in [3.8, 4) is 0 Å². The van der Waals surface area contributed by atoms with Crippen molar-refractivity contribution in [3.05, 3.63) is 0 Å². The minimum atomic E-state index is 0.435. The van der Waals surface area contributed by atoms with E-state index in [0.717, 1.165) is 19.1 Å².